The summed E-state index contributed by atoms with van der Waals surface area (Å²) in [5.74, 6) is 0. The minimum Gasteiger partial charge on any atom is -0.395 e. The summed E-state index contributed by atoms with van der Waals surface area (Å²) in [6, 6.07) is -0.0999. The highest BCUT2D eigenvalue weighted by atomic mass is 19.1. The maximum Gasteiger partial charge on any atom is 0.117 e. The molecule has 3 atom stereocenters. The van der Waals surface area contributed by atoms with Gasteiger partial charge in [-0.3, -0.25) is 0 Å². The molecule has 0 saturated carbocycles. The smallest absolute Gasteiger partial charge is 0.117 e. The van der Waals surface area contributed by atoms with Crippen LogP contribution in [0, 0.1) is 0 Å². The van der Waals surface area contributed by atoms with Crippen LogP contribution in [0.2, 0.25) is 0 Å². The van der Waals surface area contributed by atoms with Crippen molar-refractivity contribution in [2.24, 2.45) is 0 Å². The van der Waals surface area contributed by atoms with Gasteiger partial charge in [0, 0.05) is 12.1 Å². The van der Waals surface area contributed by atoms with E-state index in [0.29, 0.717) is 6.42 Å². The molecule has 0 aromatic carbocycles. The predicted octanol–water partition coefficient (Wildman–Crippen LogP) is 0.0672. The van der Waals surface area contributed by atoms with E-state index in [4.69, 9.17) is 5.11 Å². The van der Waals surface area contributed by atoms with E-state index >= 15 is 0 Å². The number of aliphatic hydroxyl groups excluding tert-OH is 1. The molecule has 0 amide bonds. The van der Waals surface area contributed by atoms with Gasteiger partial charge in [-0.15, -0.1) is 0 Å². The zero-order valence-electron chi connectivity index (χ0n) is 5.47. The highest BCUT2D eigenvalue weighted by Crippen LogP contribution is 2.15. The van der Waals surface area contributed by atoms with Crippen LogP contribution in [0.4, 0.5) is 4.39 Å². The first kappa shape index (κ1) is 6.96. The minimum absolute atomic E-state index is 0.0185. The third-order valence-electron chi connectivity index (χ3n) is 1.77. The first-order valence-corrected chi connectivity index (χ1v) is 3.25. The van der Waals surface area contributed by atoms with Crippen molar-refractivity contribution in [2.45, 2.75) is 31.6 Å². The zero-order valence-corrected chi connectivity index (χ0v) is 5.47. The summed E-state index contributed by atoms with van der Waals surface area (Å²) in [5, 5.41) is 11.5. The third-order valence-corrected chi connectivity index (χ3v) is 1.77. The Bertz CT molecular complexity index is 89.1. The Morgan fingerprint density at radius 2 is 2.44 bits per heavy atom. The Hall–Kier alpha value is -0.150. The van der Waals surface area contributed by atoms with E-state index in [-0.39, 0.29) is 18.7 Å². The zero-order chi connectivity index (χ0) is 6.85. The largest absolute Gasteiger partial charge is 0.395 e. The molecule has 1 aliphatic rings. The molecule has 0 spiro atoms. The van der Waals surface area contributed by atoms with E-state index in [1.807, 2.05) is 0 Å². The van der Waals surface area contributed by atoms with Crippen LogP contribution in [0.3, 0.4) is 0 Å². The quantitative estimate of drug-likeness (QED) is 0.530. The molecular formula is C6H12FNO. The molecule has 1 aliphatic heterocycles. The molecule has 54 valence electrons. The van der Waals surface area contributed by atoms with Crippen LogP contribution >= 0.6 is 0 Å². The molecule has 2 N–H and O–H groups in total. The Balaban J connectivity index is 2.35. The molecule has 1 heterocycles. The van der Waals surface area contributed by atoms with E-state index in [2.05, 4.69) is 5.32 Å². The van der Waals surface area contributed by atoms with Gasteiger partial charge < -0.3 is 10.4 Å². The number of alkyl halides is 1. The minimum atomic E-state index is -0.776. The second kappa shape index (κ2) is 2.62. The number of aliphatic hydroxyl groups is 1. The van der Waals surface area contributed by atoms with Crippen LogP contribution in [-0.4, -0.2) is 30.0 Å². The number of nitrogens with one attached hydrogen (secondary N) is 1. The maximum absolute atomic E-state index is 12.6. The van der Waals surface area contributed by atoms with Crippen LogP contribution < -0.4 is 5.32 Å². The van der Waals surface area contributed by atoms with E-state index in [1.54, 1.807) is 6.92 Å². The van der Waals surface area contributed by atoms with Crippen molar-refractivity contribution in [1.82, 2.24) is 5.32 Å². The van der Waals surface area contributed by atoms with Crippen LogP contribution in [0.5, 0.6) is 0 Å². The molecule has 1 saturated heterocycles. The third kappa shape index (κ3) is 1.40. The molecule has 3 heteroatoms. The average Bonchev–Trinajstić information content (AvgIpc) is 2.13. The van der Waals surface area contributed by atoms with Crippen molar-refractivity contribution in [3.8, 4) is 0 Å². The van der Waals surface area contributed by atoms with Crippen molar-refractivity contribution in [3.05, 3.63) is 0 Å². The Morgan fingerprint density at radius 3 is 2.67 bits per heavy atom. The maximum atomic E-state index is 12.6. The molecule has 0 aliphatic carbocycles. The van der Waals surface area contributed by atoms with Crippen molar-refractivity contribution in [1.29, 1.82) is 0 Å². The lowest BCUT2D eigenvalue weighted by atomic mass is 10.2. The lowest BCUT2D eigenvalue weighted by Gasteiger charge is -2.05. The van der Waals surface area contributed by atoms with E-state index in [9.17, 15) is 4.39 Å². The highest BCUT2D eigenvalue weighted by Gasteiger charge is 2.29. The van der Waals surface area contributed by atoms with Gasteiger partial charge >= 0.3 is 0 Å². The van der Waals surface area contributed by atoms with Crippen molar-refractivity contribution in [2.75, 3.05) is 6.61 Å². The fourth-order valence-corrected chi connectivity index (χ4v) is 1.15. The fourth-order valence-electron chi connectivity index (χ4n) is 1.15. The Kier molecular flexibility index (Phi) is 2.03. The summed E-state index contributed by atoms with van der Waals surface area (Å²) in [5.41, 5.74) is 0. The van der Waals surface area contributed by atoms with Gasteiger partial charge in [-0.05, 0) is 13.3 Å². The van der Waals surface area contributed by atoms with E-state index < -0.39 is 6.17 Å². The van der Waals surface area contributed by atoms with Gasteiger partial charge in [0.25, 0.3) is 0 Å². The predicted molar refractivity (Wildman–Crippen MR) is 33.0 cm³/mol. The van der Waals surface area contributed by atoms with Gasteiger partial charge in [-0.25, -0.2) is 4.39 Å². The summed E-state index contributed by atoms with van der Waals surface area (Å²) in [4.78, 5) is 0. The molecule has 1 fully saturated rings. The van der Waals surface area contributed by atoms with E-state index in [0.717, 1.165) is 0 Å². The van der Waals surface area contributed by atoms with E-state index in [1.165, 1.54) is 0 Å². The highest BCUT2D eigenvalue weighted by molar-refractivity contribution is 4.87. The molecule has 0 aromatic heterocycles. The summed E-state index contributed by atoms with van der Waals surface area (Å²) < 4.78 is 12.6. The number of halogens is 1. The molecule has 0 radical (unpaired) electrons. The number of rotatable bonds is 1. The van der Waals surface area contributed by atoms with Gasteiger partial charge in [0.2, 0.25) is 0 Å². The van der Waals surface area contributed by atoms with Crippen LogP contribution in [0.25, 0.3) is 0 Å². The summed E-state index contributed by atoms with van der Waals surface area (Å²) in [6.45, 7) is 1.84. The van der Waals surface area contributed by atoms with Crippen LogP contribution in [-0.2, 0) is 0 Å². The SMILES string of the molecule is C[C@@H]1N[C@H](CO)C[C@H]1F. The van der Waals surface area contributed by atoms with Crippen LogP contribution in [0.15, 0.2) is 0 Å². The average molecular weight is 133 g/mol. The summed E-state index contributed by atoms with van der Waals surface area (Å²) in [6.07, 6.45) is -0.320. The monoisotopic (exact) mass is 133 g/mol. The molecule has 0 aromatic rings. The second-order valence-corrected chi connectivity index (χ2v) is 2.59. The van der Waals surface area contributed by atoms with Crippen LogP contribution in [0.1, 0.15) is 13.3 Å². The molecule has 0 unspecified atom stereocenters. The Morgan fingerprint density at radius 1 is 1.78 bits per heavy atom. The topological polar surface area (TPSA) is 32.3 Å². The normalized spacial score (nSPS) is 43.7. The van der Waals surface area contributed by atoms with Crippen molar-refractivity contribution < 1.29 is 9.50 Å². The lowest BCUT2D eigenvalue weighted by Crippen LogP contribution is -2.31. The fraction of sp³-hybridized carbons (Fsp3) is 1.00. The van der Waals surface area contributed by atoms with Crippen molar-refractivity contribution >= 4 is 0 Å². The van der Waals surface area contributed by atoms with Gasteiger partial charge in [-0.1, -0.05) is 0 Å². The second-order valence-electron chi connectivity index (χ2n) is 2.59. The summed E-state index contributed by atoms with van der Waals surface area (Å²) in [7, 11) is 0. The lowest BCUT2D eigenvalue weighted by molar-refractivity contribution is 0.248. The van der Waals surface area contributed by atoms with Gasteiger partial charge in [-0.2, -0.15) is 0 Å². The summed E-state index contributed by atoms with van der Waals surface area (Å²) >= 11 is 0. The standard InChI is InChI=1S/C6H12FNO/c1-4-6(7)2-5(3-9)8-4/h4-6,8-9H,2-3H2,1H3/t4-,5-,6+/m0/s1. The first-order chi connectivity index (χ1) is 4.24. The van der Waals surface area contributed by atoms with Crippen molar-refractivity contribution in [3.63, 3.8) is 0 Å². The molecule has 9 heavy (non-hydrogen) atoms. The van der Waals surface area contributed by atoms with Gasteiger partial charge in [0.15, 0.2) is 0 Å². The number of hydrogen-bond donors (Lipinski definition) is 2. The molecule has 2 nitrogen and oxygen atoms in total. The van der Waals surface area contributed by atoms with Gasteiger partial charge in [0.1, 0.15) is 6.17 Å². The molecule has 0 bridgehead atoms. The molecular weight excluding hydrogens is 121 g/mol. The Labute approximate surface area is 54.1 Å². The van der Waals surface area contributed by atoms with Gasteiger partial charge in [0.05, 0.1) is 6.61 Å². The number of hydrogen-bond acceptors (Lipinski definition) is 2. The first-order valence-electron chi connectivity index (χ1n) is 3.25. The molecule has 1 rings (SSSR count).